The molecule has 3 aliphatic rings. The molecule has 8 heteroatoms. The normalized spacial score (nSPS) is 32.8. The van der Waals surface area contributed by atoms with Crippen LogP contribution in [0.1, 0.15) is 51.7 Å². The van der Waals surface area contributed by atoms with Crippen LogP contribution in [0.3, 0.4) is 0 Å². The number of para-hydroxylation sites is 1. The number of aliphatic hydroxyl groups excluding tert-OH is 1. The number of anilines is 1. The molecule has 0 aliphatic carbocycles. The summed E-state index contributed by atoms with van der Waals surface area (Å²) in [5, 5.41) is 10.3. The van der Waals surface area contributed by atoms with Gasteiger partial charge in [-0.25, -0.2) is 0 Å². The zero-order valence-corrected chi connectivity index (χ0v) is 22.8. The molecule has 1 spiro atoms. The average molecular weight is 513 g/mol. The topological polar surface area (TPSA) is 96.4 Å². The molecule has 3 fully saturated rings. The molecule has 8 nitrogen and oxygen atoms in total. The molecular weight excluding hydrogens is 472 g/mol. The van der Waals surface area contributed by atoms with Gasteiger partial charge < -0.3 is 24.4 Å². The van der Waals surface area contributed by atoms with Crippen molar-refractivity contribution in [1.82, 2.24) is 4.90 Å². The number of likely N-dealkylation sites (tertiary alicyclic amines) is 1. The second-order valence-corrected chi connectivity index (χ2v) is 10.9. The van der Waals surface area contributed by atoms with Crippen LogP contribution >= 0.6 is 0 Å². The first-order valence-electron chi connectivity index (χ1n) is 13.3. The molecule has 1 aromatic rings. The predicted octanol–water partition coefficient (Wildman–Crippen LogP) is 3.17. The lowest BCUT2D eigenvalue weighted by molar-refractivity contribution is -0.162. The van der Waals surface area contributed by atoms with E-state index >= 15 is 0 Å². The standard InChI is InChI=1S/C29H40N2O6/c1-8-14-30(23-17(4)12-11-13-18(23)5)26(34)24-29-15-19(6)28(7,37-29)22(27(35)36-10-3)21(29)25(33)31(24)20(9-2)16-32/h8,11-13,19-22,24,32H,1,9-10,14-16H2,2-7H3/t19?,20-,21-,22+,24?,28-,29?/m0/s1. The Bertz CT molecular complexity index is 1080. The smallest absolute Gasteiger partial charge is 0.312 e. The summed E-state index contributed by atoms with van der Waals surface area (Å²) < 4.78 is 12.2. The van der Waals surface area contributed by atoms with Gasteiger partial charge in [0, 0.05) is 12.2 Å². The van der Waals surface area contributed by atoms with Gasteiger partial charge in [0.1, 0.15) is 17.6 Å². The molecule has 3 unspecified atom stereocenters. The third kappa shape index (κ3) is 3.83. The summed E-state index contributed by atoms with van der Waals surface area (Å²) >= 11 is 0. The number of rotatable bonds is 9. The van der Waals surface area contributed by atoms with E-state index in [0.29, 0.717) is 12.8 Å². The number of benzene rings is 1. The number of hydrogen-bond acceptors (Lipinski definition) is 6. The highest BCUT2D eigenvalue weighted by molar-refractivity contribution is 6.05. The molecule has 37 heavy (non-hydrogen) atoms. The number of nitrogens with zero attached hydrogens (tertiary/aromatic N) is 2. The van der Waals surface area contributed by atoms with Gasteiger partial charge in [-0.1, -0.05) is 38.1 Å². The van der Waals surface area contributed by atoms with Crippen molar-refractivity contribution in [2.75, 3.05) is 24.7 Å². The molecule has 3 saturated heterocycles. The summed E-state index contributed by atoms with van der Waals surface area (Å²) in [5.41, 5.74) is 0.495. The fraction of sp³-hybridized carbons (Fsp3) is 0.621. The van der Waals surface area contributed by atoms with Gasteiger partial charge in [-0.3, -0.25) is 14.4 Å². The molecular formula is C29H40N2O6. The van der Waals surface area contributed by atoms with E-state index < -0.39 is 41.1 Å². The van der Waals surface area contributed by atoms with Gasteiger partial charge in [0.2, 0.25) is 5.91 Å². The van der Waals surface area contributed by atoms with Crippen molar-refractivity contribution >= 4 is 23.5 Å². The second-order valence-electron chi connectivity index (χ2n) is 10.9. The number of esters is 1. The van der Waals surface area contributed by atoms with Gasteiger partial charge in [-0.15, -0.1) is 6.58 Å². The summed E-state index contributed by atoms with van der Waals surface area (Å²) in [6.45, 7) is 15.4. The quantitative estimate of drug-likeness (QED) is 0.403. The minimum absolute atomic E-state index is 0.0801. The van der Waals surface area contributed by atoms with Crippen LogP contribution in [0.5, 0.6) is 0 Å². The fourth-order valence-corrected chi connectivity index (χ4v) is 7.15. The minimum atomic E-state index is -1.20. The van der Waals surface area contributed by atoms with E-state index in [1.54, 1.807) is 17.9 Å². The van der Waals surface area contributed by atoms with Crippen molar-refractivity contribution in [1.29, 1.82) is 0 Å². The molecule has 0 radical (unpaired) electrons. The summed E-state index contributed by atoms with van der Waals surface area (Å²) in [4.78, 5) is 45.3. The summed E-state index contributed by atoms with van der Waals surface area (Å²) in [6, 6.07) is 4.26. The van der Waals surface area contributed by atoms with Crippen LogP contribution in [-0.2, 0) is 23.9 Å². The fourth-order valence-electron chi connectivity index (χ4n) is 7.15. The number of hydrogen-bond donors (Lipinski definition) is 1. The van der Waals surface area contributed by atoms with Gasteiger partial charge in [0.05, 0.1) is 30.8 Å². The van der Waals surface area contributed by atoms with Crippen LogP contribution in [0.25, 0.3) is 0 Å². The Morgan fingerprint density at radius 1 is 1.32 bits per heavy atom. The molecule has 1 N–H and O–H groups in total. The molecule has 0 saturated carbocycles. The highest BCUT2D eigenvalue weighted by atomic mass is 16.6. The van der Waals surface area contributed by atoms with E-state index in [2.05, 4.69) is 6.58 Å². The van der Waals surface area contributed by atoms with Crippen LogP contribution < -0.4 is 4.90 Å². The summed E-state index contributed by atoms with van der Waals surface area (Å²) in [6.07, 6.45) is 2.58. The molecule has 0 aromatic heterocycles. The van der Waals surface area contributed by atoms with E-state index in [9.17, 15) is 19.5 Å². The van der Waals surface area contributed by atoms with E-state index in [0.717, 1.165) is 16.8 Å². The predicted molar refractivity (Wildman–Crippen MR) is 140 cm³/mol. The highest BCUT2D eigenvalue weighted by Crippen LogP contribution is 2.65. The number of aliphatic hydroxyl groups is 1. The Kier molecular flexibility index (Phi) is 7.29. The zero-order valence-electron chi connectivity index (χ0n) is 22.8. The van der Waals surface area contributed by atoms with E-state index in [1.165, 1.54) is 4.90 Å². The maximum Gasteiger partial charge on any atom is 0.312 e. The Hall–Kier alpha value is -2.71. The first-order chi connectivity index (χ1) is 17.5. The molecule has 7 atom stereocenters. The Morgan fingerprint density at radius 3 is 2.51 bits per heavy atom. The molecule has 1 aromatic carbocycles. The second kappa shape index (κ2) is 9.87. The van der Waals surface area contributed by atoms with Gasteiger partial charge in [0.15, 0.2) is 0 Å². The van der Waals surface area contributed by atoms with Crippen LogP contribution in [-0.4, -0.2) is 70.8 Å². The number of fused-ring (bicyclic) bond motifs is 1. The van der Waals surface area contributed by atoms with Crippen molar-refractivity contribution in [2.45, 2.75) is 77.7 Å². The third-order valence-electron chi connectivity index (χ3n) is 8.89. The Morgan fingerprint density at radius 2 is 1.97 bits per heavy atom. The molecule has 2 bridgehead atoms. The average Bonchev–Trinajstić information content (AvgIpc) is 3.36. The number of carbonyl (C=O) groups excluding carboxylic acids is 3. The number of carbonyl (C=O) groups is 3. The highest BCUT2D eigenvalue weighted by Gasteiger charge is 2.80. The lowest BCUT2D eigenvalue weighted by atomic mass is 9.62. The van der Waals surface area contributed by atoms with Gasteiger partial charge in [-0.05, 0) is 57.6 Å². The van der Waals surface area contributed by atoms with Crippen molar-refractivity contribution < 1.29 is 29.0 Å². The SMILES string of the molecule is C=CCN(C(=O)C1N([C@@H](CC)CO)C(=O)[C@@H]2[C@H](C(=O)OCC)[C@@]3(C)OC12CC3C)c1c(C)cccc1C. The number of amides is 2. The Balaban J connectivity index is 1.91. The first-order valence-corrected chi connectivity index (χ1v) is 13.3. The number of ether oxygens (including phenoxy) is 2. The van der Waals surface area contributed by atoms with E-state index in [-0.39, 0.29) is 37.5 Å². The van der Waals surface area contributed by atoms with Crippen LogP contribution in [0, 0.1) is 31.6 Å². The van der Waals surface area contributed by atoms with Crippen molar-refractivity contribution in [3.05, 3.63) is 42.0 Å². The minimum Gasteiger partial charge on any atom is -0.466 e. The lowest BCUT2D eigenvalue weighted by Gasteiger charge is -2.40. The van der Waals surface area contributed by atoms with Crippen LogP contribution in [0.15, 0.2) is 30.9 Å². The maximum absolute atomic E-state index is 14.7. The van der Waals surface area contributed by atoms with Crippen LogP contribution in [0.4, 0.5) is 5.69 Å². The zero-order chi connectivity index (χ0) is 27.3. The summed E-state index contributed by atoms with van der Waals surface area (Å²) in [7, 11) is 0. The summed E-state index contributed by atoms with van der Waals surface area (Å²) in [5.74, 6) is -2.85. The van der Waals surface area contributed by atoms with Crippen molar-refractivity contribution in [2.24, 2.45) is 17.8 Å². The first kappa shape index (κ1) is 27.3. The van der Waals surface area contributed by atoms with Gasteiger partial charge in [-0.2, -0.15) is 0 Å². The maximum atomic E-state index is 14.7. The molecule has 202 valence electrons. The van der Waals surface area contributed by atoms with Crippen LogP contribution in [0.2, 0.25) is 0 Å². The number of aryl methyl sites for hydroxylation is 2. The molecule has 3 aliphatic heterocycles. The van der Waals surface area contributed by atoms with E-state index in [1.807, 2.05) is 52.8 Å². The van der Waals surface area contributed by atoms with Gasteiger partial charge in [0.25, 0.3) is 5.91 Å². The Labute approximate surface area is 219 Å². The molecule has 3 heterocycles. The van der Waals surface area contributed by atoms with E-state index in [4.69, 9.17) is 9.47 Å². The van der Waals surface area contributed by atoms with Crippen molar-refractivity contribution in [3.63, 3.8) is 0 Å². The monoisotopic (exact) mass is 512 g/mol. The van der Waals surface area contributed by atoms with Crippen molar-refractivity contribution in [3.8, 4) is 0 Å². The lowest BCUT2D eigenvalue weighted by Crippen LogP contribution is -2.59. The largest absolute Gasteiger partial charge is 0.466 e. The molecule has 4 rings (SSSR count). The molecule has 2 amide bonds. The third-order valence-corrected chi connectivity index (χ3v) is 8.89. The van der Waals surface area contributed by atoms with Gasteiger partial charge >= 0.3 is 5.97 Å².